The molecule has 7 amide bonds. The lowest BCUT2D eigenvalue weighted by Gasteiger charge is -2.31. The van der Waals surface area contributed by atoms with Crippen LogP contribution < -0.4 is 54.0 Å². The predicted octanol–water partition coefficient (Wildman–Crippen LogP) is -0.439. The SMILES string of the molecule is CCCC[C@H](NC(C)=O)C(=O)N[C@H]1CCC(=O)NCCCCNC(=O)[C@H](Cc2c[nH]c3ccccc23)NC(O)[C@H](CCCN=C(N)N)NC(=O)[C@@H](Cc2ccccc2C#N)NC(=O)[C@H](Cc2cnc[nH]2)NC1=O. The van der Waals surface area contributed by atoms with Gasteiger partial charge in [0.05, 0.1) is 30.0 Å². The number of imidazole rings is 1. The van der Waals surface area contributed by atoms with Crippen molar-refractivity contribution in [3.8, 4) is 6.07 Å². The molecule has 1 unspecified atom stereocenters. The van der Waals surface area contributed by atoms with E-state index in [0.717, 1.165) is 22.9 Å². The highest BCUT2D eigenvalue weighted by molar-refractivity contribution is 5.96. The summed E-state index contributed by atoms with van der Waals surface area (Å²) in [5.74, 6) is -4.64. The van der Waals surface area contributed by atoms with Crippen molar-refractivity contribution in [2.45, 2.75) is 133 Å². The average Bonchev–Trinajstić information content (AvgIpc) is 4.04. The van der Waals surface area contributed by atoms with Gasteiger partial charge in [-0.15, -0.1) is 0 Å². The molecule has 23 nitrogen and oxygen atoms in total. The number of aliphatic hydroxyl groups excluding tert-OH is 1. The Morgan fingerprint density at radius 3 is 2.29 bits per heavy atom. The number of nitrogens with two attached hydrogens (primary N) is 2. The Labute approximate surface area is 423 Å². The molecule has 7 atom stereocenters. The topological polar surface area (TPSA) is 369 Å². The first-order chi connectivity index (χ1) is 35.1. The number of benzene rings is 2. The van der Waals surface area contributed by atoms with Gasteiger partial charge in [0, 0.05) is 74.8 Å². The number of aliphatic imine (C=N–C) groups is 1. The van der Waals surface area contributed by atoms with Crippen LogP contribution in [0.5, 0.6) is 0 Å². The Bertz CT molecular complexity index is 2550. The van der Waals surface area contributed by atoms with Crippen LogP contribution in [0.4, 0.5) is 0 Å². The zero-order chi connectivity index (χ0) is 52.7. The van der Waals surface area contributed by atoms with Crippen LogP contribution in [0, 0.1) is 11.3 Å². The summed E-state index contributed by atoms with van der Waals surface area (Å²) in [4.78, 5) is 111. The number of carbonyl (C=O) groups is 7. The fraction of sp³-hybridized carbons (Fsp3) is 0.480. The Kier molecular flexibility index (Phi) is 22.2. The number of rotatable bonds is 16. The third-order valence-electron chi connectivity index (χ3n) is 12.3. The van der Waals surface area contributed by atoms with Crippen LogP contribution in [0.2, 0.25) is 0 Å². The number of aromatic nitrogens is 3. The highest BCUT2D eigenvalue weighted by Crippen LogP contribution is 2.20. The number of guanidine groups is 1. The molecule has 0 bridgehead atoms. The zero-order valence-corrected chi connectivity index (χ0v) is 41.3. The number of carbonyl (C=O) groups excluding carboxylic acids is 7. The summed E-state index contributed by atoms with van der Waals surface area (Å²) in [6, 6.07) is 8.76. The van der Waals surface area contributed by atoms with Gasteiger partial charge in [-0.1, -0.05) is 56.2 Å². The summed E-state index contributed by atoms with van der Waals surface area (Å²) >= 11 is 0. The molecule has 2 aromatic heterocycles. The fourth-order valence-corrected chi connectivity index (χ4v) is 8.43. The van der Waals surface area contributed by atoms with E-state index in [-0.39, 0.29) is 82.5 Å². The minimum atomic E-state index is -1.57. The molecule has 0 radical (unpaired) electrons. The lowest BCUT2D eigenvalue weighted by Crippen LogP contribution is -2.61. The Hall–Kier alpha value is -7.84. The van der Waals surface area contributed by atoms with Crippen molar-refractivity contribution in [3.63, 3.8) is 0 Å². The van der Waals surface area contributed by atoms with Gasteiger partial charge < -0.3 is 63.8 Å². The second-order valence-electron chi connectivity index (χ2n) is 18.0. The maximum atomic E-state index is 14.8. The van der Waals surface area contributed by atoms with E-state index in [1.54, 1.807) is 30.5 Å². The molecule has 3 heterocycles. The van der Waals surface area contributed by atoms with Gasteiger partial charge in [0.15, 0.2) is 5.96 Å². The van der Waals surface area contributed by atoms with Crippen molar-refractivity contribution >= 4 is 58.2 Å². The normalized spacial score (nSPS) is 21.5. The van der Waals surface area contributed by atoms with E-state index >= 15 is 0 Å². The molecule has 2 aromatic carbocycles. The van der Waals surface area contributed by atoms with Crippen LogP contribution >= 0.6 is 0 Å². The lowest BCUT2D eigenvalue weighted by atomic mass is 9.98. The number of fused-ring (bicyclic) bond motifs is 1. The molecular formula is C50H69N15O8. The van der Waals surface area contributed by atoms with E-state index in [9.17, 15) is 43.9 Å². The molecule has 4 aromatic rings. The number of nitrogens with one attached hydrogen (secondary N) is 10. The number of nitriles is 1. The molecule has 15 N–H and O–H groups in total. The van der Waals surface area contributed by atoms with E-state index in [2.05, 4.69) is 68.5 Å². The number of aliphatic hydroxyl groups is 1. The zero-order valence-electron chi connectivity index (χ0n) is 41.3. The molecule has 73 heavy (non-hydrogen) atoms. The second kappa shape index (κ2) is 28.9. The molecule has 1 fully saturated rings. The maximum Gasteiger partial charge on any atom is 0.243 e. The molecule has 1 aliphatic rings. The number of amides is 7. The number of hydrogen-bond donors (Lipinski definition) is 13. The summed E-state index contributed by atoms with van der Waals surface area (Å²) in [5, 5.41) is 45.5. The van der Waals surface area contributed by atoms with E-state index in [1.165, 1.54) is 19.4 Å². The Balaban J connectivity index is 1.54. The predicted molar refractivity (Wildman–Crippen MR) is 271 cm³/mol. The monoisotopic (exact) mass is 1010 g/mol. The fourth-order valence-electron chi connectivity index (χ4n) is 8.43. The van der Waals surface area contributed by atoms with E-state index in [0.29, 0.717) is 30.5 Å². The molecule has 1 aliphatic heterocycles. The van der Waals surface area contributed by atoms with Crippen molar-refractivity contribution < 1.29 is 38.7 Å². The molecule has 0 saturated carbocycles. The van der Waals surface area contributed by atoms with Gasteiger partial charge >= 0.3 is 0 Å². The molecule has 1 saturated heterocycles. The molecular weight excluding hydrogens is 939 g/mol. The first kappa shape index (κ1) is 56.1. The van der Waals surface area contributed by atoms with Crippen LogP contribution in [-0.4, -0.2) is 129 Å². The van der Waals surface area contributed by atoms with Crippen molar-refractivity contribution in [1.29, 1.82) is 5.26 Å². The highest BCUT2D eigenvalue weighted by atomic mass is 16.3. The summed E-state index contributed by atoms with van der Waals surface area (Å²) in [7, 11) is 0. The first-order valence-electron chi connectivity index (χ1n) is 24.7. The average molecular weight is 1010 g/mol. The number of H-pyrrole nitrogens is 2. The number of unbranched alkanes of at least 4 members (excludes halogenated alkanes) is 1. The molecule has 0 spiro atoms. The van der Waals surface area contributed by atoms with Gasteiger partial charge in [0.2, 0.25) is 41.4 Å². The van der Waals surface area contributed by atoms with Gasteiger partial charge in [-0.2, -0.15) is 5.26 Å². The molecule has 23 heteroatoms. The van der Waals surface area contributed by atoms with Crippen LogP contribution in [0.3, 0.4) is 0 Å². The van der Waals surface area contributed by atoms with Gasteiger partial charge in [0.25, 0.3) is 0 Å². The standard InChI is InChI=1S/C50H69N15O8/c1-3-4-15-37(60-30(2)66)45(69)62-39-18-19-43(67)55-20-9-10-21-56-44(68)40(24-33-27-58-36-16-8-7-14-35(33)36)63-46(70)38(17-11-22-57-50(52)53)61-48(72)41(23-31-12-5-6-13-32(31)26-51)64-49(73)42(65-47(39)71)25-34-28-54-29-59-34/h5-8,12-14,16,27-29,37-42,46,58,63,70H,3-4,9-11,15,17-25H2,1-2H3,(H,54,59)(H,55,67)(H,56,68)(H,60,66)(H,61,72)(H,62,69)(H,64,73)(H,65,71)(H4,52,53,57)/t37-,38-,39-,40-,41+,42-,46?/m0/s1. The number of nitrogens with zero attached hydrogens (tertiary/aromatic N) is 3. The molecule has 392 valence electrons. The van der Waals surface area contributed by atoms with Gasteiger partial charge in [-0.3, -0.25) is 43.9 Å². The van der Waals surface area contributed by atoms with E-state index in [4.69, 9.17) is 11.5 Å². The Morgan fingerprint density at radius 1 is 0.863 bits per heavy atom. The van der Waals surface area contributed by atoms with Crippen LogP contribution in [0.15, 0.2) is 72.2 Å². The largest absolute Gasteiger partial charge is 0.376 e. The summed E-state index contributed by atoms with van der Waals surface area (Å²) < 4.78 is 0. The number of para-hydroxylation sites is 1. The van der Waals surface area contributed by atoms with Crippen molar-refractivity contribution in [2.75, 3.05) is 19.6 Å². The van der Waals surface area contributed by atoms with Gasteiger partial charge in [-0.05, 0) is 68.2 Å². The third-order valence-corrected chi connectivity index (χ3v) is 12.3. The van der Waals surface area contributed by atoms with Crippen LogP contribution in [0.1, 0.15) is 94.0 Å². The molecule has 5 rings (SSSR count). The van der Waals surface area contributed by atoms with Crippen molar-refractivity contribution in [3.05, 3.63) is 89.6 Å². The van der Waals surface area contributed by atoms with Crippen LogP contribution in [0.25, 0.3) is 10.9 Å². The number of hydrogen-bond acceptors (Lipinski definition) is 12. The third kappa shape index (κ3) is 18.1. The second-order valence-corrected chi connectivity index (χ2v) is 18.0. The molecule has 0 aliphatic carbocycles. The summed E-state index contributed by atoms with van der Waals surface area (Å²) in [6.07, 6.45) is 5.15. The van der Waals surface area contributed by atoms with Crippen LogP contribution in [-0.2, 0) is 52.8 Å². The minimum Gasteiger partial charge on any atom is -0.376 e. The highest BCUT2D eigenvalue weighted by Gasteiger charge is 2.35. The lowest BCUT2D eigenvalue weighted by molar-refractivity contribution is -0.135. The van der Waals surface area contributed by atoms with Gasteiger partial charge in [-0.25, -0.2) is 4.98 Å². The van der Waals surface area contributed by atoms with Crippen molar-refractivity contribution in [2.24, 2.45) is 16.5 Å². The van der Waals surface area contributed by atoms with E-state index in [1.807, 2.05) is 31.2 Å². The minimum absolute atomic E-state index is 0.0755. The summed E-state index contributed by atoms with van der Waals surface area (Å²) in [6.45, 7) is 3.75. The quantitative estimate of drug-likeness (QED) is 0.0385. The number of aromatic amines is 2. The Morgan fingerprint density at radius 2 is 1.56 bits per heavy atom. The first-order valence-corrected chi connectivity index (χ1v) is 24.7. The summed E-state index contributed by atoms with van der Waals surface area (Å²) in [5.41, 5.74) is 13.9. The smallest absolute Gasteiger partial charge is 0.243 e. The van der Waals surface area contributed by atoms with E-state index < -0.39 is 83.8 Å². The van der Waals surface area contributed by atoms with Crippen molar-refractivity contribution in [1.82, 2.24) is 57.5 Å². The van der Waals surface area contributed by atoms with Gasteiger partial charge in [0.1, 0.15) is 30.4 Å². The maximum absolute atomic E-state index is 14.8.